The summed E-state index contributed by atoms with van der Waals surface area (Å²) < 4.78 is 1.55. The topological polar surface area (TPSA) is 25.3 Å². The maximum Gasteiger partial charge on any atom is 0.211 e. The molecule has 0 aliphatic carbocycles. The van der Waals surface area contributed by atoms with E-state index in [1.54, 1.807) is 4.70 Å². The number of nitrogens with zero attached hydrogens (tertiary/aromatic N) is 2. The molecule has 0 fully saturated rings. The van der Waals surface area contributed by atoms with Crippen LogP contribution in [0.5, 0.6) is 0 Å². The number of rotatable bonds is 19. The summed E-state index contributed by atoms with van der Waals surface area (Å²) in [5.74, 6) is 0. The Balaban J connectivity index is 0.00000560. The molecule has 0 bridgehead atoms. The average Bonchev–Trinajstić information content (AvgIpc) is 3.23. The van der Waals surface area contributed by atoms with Crippen LogP contribution in [-0.2, 0) is 33.3 Å². The van der Waals surface area contributed by atoms with Crippen molar-refractivity contribution in [1.82, 2.24) is 0 Å². The van der Waals surface area contributed by atoms with Gasteiger partial charge in [0.25, 0.3) is 0 Å². The monoisotopic (exact) mass is 632 g/mol. The second-order valence-corrected chi connectivity index (χ2v) is 11.5. The van der Waals surface area contributed by atoms with Crippen LogP contribution in [0.1, 0.15) is 146 Å². The van der Waals surface area contributed by atoms with E-state index in [0.717, 1.165) is 61.0 Å². The van der Waals surface area contributed by atoms with Gasteiger partial charge in [-0.1, -0.05) is 110 Å². The van der Waals surface area contributed by atoms with E-state index in [1.807, 2.05) is 0 Å². The van der Waals surface area contributed by atoms with Crippen molar-refractivity contribution in [3.05, 3.63) is 87.5 Å². The molecular formula is C37H54N2Pd. The molecule has 1 aliphatic rings. The molecule has 0 aromatic heterocycles. The van der Waals surface area contributed by atoms with Crippen LogP contribution < -0.4 is 0 Å². The molecule has 0 amide bonds. The first-order valence-electron chi connectivity index (χ1n) is 16.3. The van der Waals surface area contributed by atoms with Crippen LogP contribution in [-0.4, -0.2) is 4.70 Å². The van der Waals surface area contributed by atoms with Crippen molar-refractivity contribution < 1.29 is 25.1 Å². The Labute approximate surface area is 259 Å². The molecule has 0 spiro atoms. The predicted molar refractivity (Wildman–Crippen MR) is 170 cm³/mol. The van der Waals surface area contributed by atoms with E-state index in [1.165, 1.54) is 92.9 Å². The van der Waals surface area contributed by atoms with Gasteiger partial charge in [-0.3, -0.25) is 0 Å². The number of hydrogen-bond acceptors (Lipinski definition) is 0. The van der Waals surface area contributed by atoms with Gasteiger partial charge in [-0.05, 0) is 86.8 Å². The van der Waals surface area contributed by atoms with Crippen LogP contribution in [0.25, 0.3) is 16.9 Å². The summed E-state index contributed by atoms with van der Waals surface area (Å²) in [6.07, 6.45) is 20.5. The SMILES string of the molecule is CCCCCCCCc1cccc(C2=C(CCCCC)C(CCCC)=C(c3ccc(CCCC)cc3)[N+]2=[N-])c1.[Pd]. The van der Waals surface area contributed by atoms with Gasteiger partial charge >= 0.3 is 0 Å². The van der Waals surface area contributed by atoms with E-state index in [0.29, 0.717) is 0 Å². The van der Waals surface area contributed by atoms with E-state index in [4.69, 9.17) is 0 Å². The molecule has 1 heterocycles. The molecule has 222 valence electrons. The third kappa shape index (κ3) is 9.92. The molecule has 1 aliphatic heterocycles. The Hall–Kier alpha value is -1.82. The maximum absolute atomic E-state index is 11.9. The second kappa shape index (κ2) is 19.3. The average molecular weight is 633 g/mol. The maximum atomic E-state index is 11.9. The Bertz CT molecular complexity index is 1090. The van der Waals surface area contributed by atoms with Crippen molar-refractivity contribution in [3.8, 4) is 0 Å². The first-order valence-corrected chi connectivity index (χ1v) is 16.3. The zero-order valence-corrected chi connectivity index (χ0v) is 27.4. The number of aryl methyl sites for hydroxylation is 2. The quantitative estimate of drug-likeness (QED) is 0.0836. The Morgan fingerprint density at radius 1 is 0.500 bits per heavy atom. The molecule has 40 heavy (non-hydrogen) atoms. The standard InChI is InChI=1S/C37H54N2.Pd/c1-5-9-13-14-15-17-20-31-21-18-22-33(29-31)37-35(24-16-10-6-2)34(23-12-8-4)36(39(37)38)32-27-25-30(26-28-32)19-11-7-3;/h18,21-22,25-29H,5-17,19-20,23-24H2,1-4H3;. The summed E-state index contributed by atoms with van der Waals surface area (Å²) >= 11 is 0. The number of allylic oxidation sites excluding steroid dienone is 2. The fourth-order valence-electron chi connectivity index (χ4n) is 5.88. The zero-order valence-electron chi connectivity index (χ0n) is 25.9. The van der Waals surface area contributed by atoms with E-state index in [-0.39, 0.29) is 20.4 Å². The number of hydrogen-bond donors (Lipinski definition) is 0. The minimum Gasteiger partial charge on any atom is -0.493 e. The second-order valence-electron chi connectivity index (χ2n) is 11.5. The third-order valence-electron chi connectivity index (χ3n) is 8.24. The van der Waals surface area contributed by atoms with Crippen LogP contribution in [0.3, 0.4) is 0 Å². The molecule has 2 aromatic rings. The van der Waals surface area contributed by atoms with Gasteiger partial charge in [0.05, 0.1) is 0 Å². The van der Waals surface area contributed by atoms with Crippen LogP contribution in [0.4, 0.5) is 0 Å². The van der Waals surface area contributed by atoms with Gasteiger partial charge in [-0.15, -0.1) is 0 Å². The van der Waals surface area contributed by atoms with Gasteiger partial charge in [-0.2, -0.15) is 0 Å². The van der Waals surface area contributed by atoms with E-state index < -0.39 is 0 Å². The molecule has 0 unspecified atom stereocenters. The molecule has 2 nitrogen and oxygen atoms in total. The first kappa shape index (κ1) is 34.4. The van der Waals surface area contributed by atoms with Crippen molar-refractivity contribution in [2.24, 2.45) is 0 Å². The summed E-state index contributed by atoms with van der Waals surface area (Å²) in [5, 5.41) is 0. The molecular weight excluding hydrogens is 579 g/mol. The first-order chi connectivity index (χ1) is 19.1. The van der Waals surface area contributed by atoms with E-state index in [2.05, 4.69) is 76.2 Å². The molecule has 0 radical (unpaired) electrons. The van der Waals surface area contributed by atoms with Gasteiger partial charge in [0, 0.05) is 42.7 Å². The smallest absolute Gasteiger partial charge is 0.211 e. The van der Waals surface area contributed by atoms with Gasteiger partial charge in [-0.25, -0.2) is 4.70 Å². The molecule has 0 atom stereocenters. The van der Waals surface area contributed by atoms with Crippen molar-refractivity contribution in [1.29, 1.82) is 0 Å². The minimum atomic E-state index is 0. The van der Waals surface area contributed by atoms with Crippen molar-refractivity contribution in [2.45, 2.75) is 137 Å². The van der Waals surface area contributed by atoms with Crippen LogP contribution >= 0.6 is 0 Å². The largest absolute Gasteiger partial charge is 0.493 e. The van der Waals surface area contributed by atoms with Crippen LogP contribution in [0.2, 0.25) is 0 Å². The summed E-state index contributed by atoms with van der Waals surface area (Å²) in [6.45, 7) is 9.06. The molecule has 0 saturated carbocycles. The van der Waals surface area contributed by atoms with E-state index >= 15 is 0 Å². The van der Waals surface area contributed by atoms with Crippen LogP contribution in [0, 0.1) is 0 Å². The third-order valence-corrected chi connectivity index (χ3v) is 8.24. The Morgan fingerprint density at radius 3 is 1.68 bits per heavy atom. The van der Waals surface area contributed by atoms with Gasteiger partial charge in [0.2, 0.25) is 11.4 Å². The minimum absolute atomic E-state index is 0. The van der Waals surface area contributed by atoms with Crippen molar-refractivity contribution >= 4 is 11.4 Å². The fourth-order valence-corrected chi connectivity index (χ4v) is 5.88. The normalized spacial score (nSPS) is 13.3. The predicted octanol–water partition coefficient (Wildman–Crippen LogP) is 11.9. The zero-order chi connectivity index (χ0) is 27.9. The number of benzene rings is 2. The van der Waals surface area contributed by atoms with Gasteiger partial charge in [0.15, 0.2) is 0 Å². The van der Waals surface area contributed by atoms with Crippen molar-refractivity contribution in [3.63, 3.8) is 0 Å². The molecule has 0 N–H and O–H groups in total. The Morgan fingerprint density at radius 2 is 1.00 bits per heavy atom. The Kier molecular flexibility index (Phi) is 16.6. The summed E-state index contributed by atoms with van der Waals surface area (Å²) in [4.78, 5) is 0. The molecule has 0 saturated heterocycles. The summed E-state index contributed by atoms with van der Waals surface area (Å²) in [7, 11) is 0. The molecule has 3 heteroatoms. The van der Waals surface area contributed by atoms with Gasteiger partial charge in [0.1, 0.15) is 0 Å². The van der Waals surface area contributed by atoms with Crippen molar-refractivity contribution in [2.75, 3.05) is 0 Å². The summed E-state index contributed by atoms with van der Waals surface area (Å²) in [6, 6.07) is 18.0. The molecule has 3 rings (SSSR count). The number of unbranched alkanes of at least 4 members (excludes halogenated alkanes) is 9. The van der Waals surface area contributed by atoms with Crippen LogP contribution in [0.15, 0.2) is 59.7 Å². The fraction of sp³-hybridized carbons (Fsp3) is 0.568. The summed E-state index contributed by atoms with van der Waals surface area (Å²) in [5.41, 5.74) is 21.7. The van der Waals surface area contributed by atoms with E-state index in [9.17, 15) is 5.53 Å². The molecule has 2 aromatic carbocycles. The van der Waals surface area contributed by atoms with Gasteiger partial charge < -0.3 is 5.53 Å².